The number of carbonyl (C=O) groups is 1. The smallest absolute Gasteiger partial charge is 0.227 e. The van der Waals surface area contributed by atoms with Gasteiger partial charge in [-0.15, -0.1) is 0 Å². The van der Waals surface area contributed by atoms with E-state index in [9.17, 15) is 10.1 Å². The van der Waals surface area contributed by atoms with E-state index >= 15 is 0 Å². The molecular weight excluding hydrogens is 528 g/mol. The maximum Gasteiger partial charge on any atom is 0.227 e. The van der Waals surface area contributed by atoms with E-state index in [0.29, 0.717) is 36.4 Å². The Balaban J connectivity index is 1.53. The number of nitriles is 1. The fourth-order valence-electron chi connectivity index (χ4n) is 5.80. The number of fused-ring (bicyclic) bond motifs is 1. The van der Waals surface area contributed by atoms with Crippen molar-refractivity contribution in [2.45, 2.75) is 46.6 Å². The minimum Gasteiger partial charge on any atom is -0.492 e. The summed E-state index contributed by atoms with van der Waals surface area (Å²) in [6, 6.07) is 4.75. The molecule has 10 nitrogen and oxygen atoms in total. The molecule has 2 aromatic rings. The number of allylic oxidation sites excluding steroid dienone is 3. The van der Waals surface area contributed by atoms with Gasteiger partial charge in [0.2, 0.25) is 5.91 Å². The Hall–Kier alpha value is -3.68. The van der Waals surface area contributed by atoms with Crippen molar-refractivity contribution >= 4 is 23.7 Å². The fourth-order valence-corrected chi connectivity index (χ4v) is 5.80. The first-order valence-electron chi connectivity index (χ1n) is 14.9. The molecule has 0 aromatic carbocycles. The lowest BCUT2D eigenvalue weighted by molar-refractivity contribution is -0.137. The molecule has 0 radical (unpaired) electrons. The molecule has 0 unspecified atom stereocenters. The number of hydrogen-bond acceptors (Lipinski definition) is 8. The first-order valence-corrected chi connectivity index (χ1v) is 14.9. The minimum absolute atomic E-state index is 0.171. The van der Waals surface area contributed by atoms with Gasteiger partial charge < -0.3 is 19.9 Å². The number of piperidine rings is 1. The number of rotatable bonds is 12. The van der Waals surface area contributed by atoms with E-state index in [2.05, 4.69) is 70.8 Å². The number of aromatic nitrogens is 2. The summed E-state index contributed by atoms with van der Waals surface area (Å²) in [4.78, 5) is 24.8. The second-order valence-electron chi connectivity index (χ2n) is 12.2. The third kappa shape index (κ3) is 6.85. The highest BCUT2D eigenvalue weighted by atomic mass is 16.5. The molecule has 1 amide bonds. The zero-order valence-corrected chi connectivity index (χ0v) is 26.1. The number of hydrogen-bond donors (Lipinski definition) is 1. The van der Waals surface area contributed by atoms with Gasteiger partial charge in [0.05, 0.1) is 35.5 Å². The topological polar surface area (TPSA) is 102 Å². The molecule has 4 heterocycles. The molecule has 10 heteroatoms. The molecule has 0 saturated carbocycles. The number of likely N-dealkylation sites (tertiary alicyclic amines) is 2. The Kier molecular flexibility index (Phi) is 10.1. The molecule has 2 aromatic heterocycles. The molecule has 2 fully saturated rings. The number of pyridine rings is 1. The van der Waals surface area contributed by atoms with Crippen LogP contribution in [-0.4, -0.2) is 103 Å². The fraction of sp³-hybridized carbons (Fsp3) is 0.562. The van der Waals surface area contributed by atoms with Crippen molar-refractivity contribution in [1.82, 2.24) is 29.6 Å². The van der Waals surface area contributed by atoms with Crippen LogP contribution in [0.15, 0.2) is 41.4 Å². The summed E-state index contributed by atoms with van der Waals surface area (Å²) >= 11 is 0. The second kappa shape index (κ2) is 13.5. The lowest BCUT2D eigenvalue weighted by Gasteiger charge is -2.49. The molecule has 0 spiro atoms. The van der Waals surface area contributed by atoms with Gasteiger partial charge in [0.1, 0.15) is 17.6 Å². The molecule has 2 saturated heterocycles. The Morgan fingerprint density at radius 2 is 2.05 bits per heavy atom. The summed E-state index contributed by atoms with van der Waals surface area (Å²) in [5.74, 6) is 2.04. The summed E-state index contributed by atoms with van der Waals surface area (Å²) in [6.45, 7) is 17.5. The summed E-state index contributed by atoms with van der Waals surface area (Å²) in [7, 11) is 4.24. The van der Waals surface area contributed by atoms with Crippen LogP contribution in [0.3, 0.4) is 0 Å². The van der Waals surface area contributed by atoms with Crippen LogP contribution in [0.5, 0.6) is 5.75 Å². The van der Waals surface area contributed by atoms with E-state index in [0.717, 1.165) is 68.0 Å². The number of nitrogens with one attached hydrogen (secondary N) is 1. The lowest BCUT2D eigenvalue weighted by atomic mass is 9.76. The third-order valence-corrected chi connectivity index (χ3v) is 8.48. The summed E-state index contributed by atoms with van der Waals surface area (Å²) in [5.41, 5.74) is 2.66. The summed E-state index contributed by atoms with van der Waals surface area (Å²) < 4.78 is 7.45. The number of nitrogens with zero attached hydrogens (tertiary/aromatic N) is 7. The maximum atomic E-state index is 13.6. The predicted octanol–water partition coefficient (Wildman–Crippen LogP) is 3.65. The Morgan fingerprint density at radius 1 is 1.33 bits per heavy atom. The average Bonchev–Trinajstić information content (AvgIpc) is 3.37. The van der Waals surface area contributed by atoms with E-state index in [-0.39, 0.29) is 5.91 Å². The van der Waals surface area contributed by atoms with Crippen molar-refractivity contribution in [3.63, 3.8) is 0 Å². The van der Waals surface area contributed by atoms with E-state index < -0.39 is 5.41 Å². The van der Waals surface area contributed by atoms with Crippen LogP contribution in [0.2, 0.25) is 0 Å². The van der Waals surface area contributed by atoms with Crippen LogP contribution in [0.1, 0.15) is 51.7 Å². The van der Waals surface area contributed by atoms with Gasteiger partial charge in [-0.2, -0.15) is 10.4 Å². The van der Waals surface area contributed by atoms with Gasteiger partial charge >= 0.3 is 0 Å². The van der Waals surface area contributed by atoms with Crippen molar-refractivity contribution in [3.05, 3.63) is 47.6 Å². The Labute approximate surface area is 250 Å². The summed E-state index contributed by atoms with van der Waals surface area (Å²) in [5, 5.41) is 17.2. The van der Waals surface area contributed by atoms with E-state index in [4.69, 9.17) is 4.74 Å². The molecular formula is C32H46N8O2. The van der Waals surface area contributed by atoms with Gasteiger partial charge in [-0.3, -0.25) is 9.69 Å². The highest BCUT2D eigenvalue weighted by molar-refractivity contribution is 5.83. The molecule has 42 heavy (non-hydrogen) atoms. The van der Waals surface area contributed by atoms with Gasteiger partial charge in [0.25, 0.3) is 0 Å². The minimum atomic E-state index is -0.415. The largest absolute Gasteiger partial charge is 0.492 e. The van der Waals surface area contributed by atoms with Gasteiger partial charge in [-0.25, -0.2) is 9.51 Å². The van der Waals surface area contributed by atoms with Crippen molar-refractivity contribution in [1.29, 1.82) is 5.26 Å². The highest BCUT2D eigenvalue weighted by Gasteiger charge is 2.45. The van der Waals surface area contributed by atoms with Crippen LogP contribution in [0, 0.1) is 22.7 Å². The number of amides is 1. The van der Waals surface area contributed by atoms with Crippen LogP contribution in [0.25, 0.3) is 11.1 Å². The van der Waals surface area contributed by atoms with E-state index in [1.54, 1.807) is 16.9 Å². The van der Waals surface area contributed by atoms with Crippen LogP contribution >= 0.6 is 0 Å². The van der Waals surface area contributed by atoms with Gasteiger partial charge in [0, 0.05) is 50.9 Å². The van der Waals surface area contributed by atoms with Gasteiger partial charge in [-0.05, 0) is 71.1 Å². The maximum absolute atomic E-state index is 13.6. The summed E-state index contributed by atoms with van der Waals surface area (Å²) in [6.07, 6.45) is 8.86. The standard InChI is InChI=1S/C32H46N8O2/c1-8-42-27-15-28(30-25(16-33)18-36-40(30)21-27)24(4)9-10-29(34-5)39-13-11-32(12-14-39,31(41)35-17-23(2)3)22-38-19-26(20-38)37(6)7/h9-10,15,18,21,23,26H,5,8,11-14,17,19-20,22H2,1-4,6-7H3,(H,35,41)/b24-9+,29-10+. The molecule has 0 atom stereocenters. The average molecular weight is 575 g/mol. The number of ether oxygens (including phenoxy) is 1. The van der Waals surface area contributed by atoms with Crippen molar-refractivity contribution in [3.8, 4) is 11.8 Å². The first kappa shape index (κ1) is 31.3. The van der Waals surface area contributed by atoms with Crippen LogP contribution in [-0.2, 0) is 4.79 Å². The number of carbonyl (C=O) groups excluding carboxylic acids is 1. The van der Waals surface area contributed by atoms with Gasteiger partial charge in [-0.1, -0.05) is 19.9 Å². The normalized spacial score (nSPS) is 18.3. The van der Waals surface area contributed by atoms with Crippen LogP contribution in [0.4, 0.5) is 0 Å². The van der Waals surface area contributed by atoms with Crippen molar-refractivity contribution in [2.75, 3.05) is 60.0 Å². The first-order chi connectivity index (χ1) is 20.1. The van der Waals surface area contributed by atoms with E-state index in [1.165, 1.54) is 0 Å². The number of likely N-dealkylation sites (N-methyl/N-ethyl adjacent to an activating group) is 1. The van der Waals surface area contributed by atoms with E-state index in [1.807, 2.05) is 32.1 Å². The third-order valence-electron chi connectivity index (χ3n) is 8.48. The monoisotopic (exact) mass is 574 g/mol. The van der Waals surface area contributed by atoms with Crippen molar-refractivity contribution < 1.29 is 9.53 Å². The number of aliphatic imine (C=N–C) groups is 1. The molecule has 1 N–H and O–H groups in total. The molecule has 2 aliphatic heterocycles. The predicted molar refractivity (Wildman–Crippen MR) is 167 cm³/mol. The van der Waals surface area contributed by atoms with Crippen molar-refractivity contribution in [2.24, 2.45) is 16.3 Å². The molecule has 2 aliphatic rings. The Bertz CT molecular complexity index is 1370. The zero-order chi connectivity index (χ0) is 30.4. The van der Waals surface area contributed by atoms with Gasteiger partial charge in [0.15, 0.2) is 0 Å². The SMILES string of the molecule is C=N/C(=C\C=C(/C)c1cc(OCC)cn2ncc(C#N)c12)N1CCC(CN2CC(N(C)C)C2)(C(=O)NCC(C)C)CC1. The highest BCUT2D eigenvalue weighted by Crippen LogP contribution is 2.36. The Morgan fingerprint density at radius 3 is 2.64 bits per heavy atom. The quantitative estimate of drug-likeness (QED) is 0.305. The van der Waals surface area contributed by atoms with Crippen LogP contribution < -0.4 is 10.1 Å². The molecule has 4 rings (SSSR count). The molecule has 226 valence electrons. The lowest BCUT2D eigenvalue weighted by Crippen LogP contribution is -2.62. The zero-order valence-electron chi connectivity index (χ0n) is 26.1. The molecule has 0 bridgehead atoms. The second-order valence-corrected chi connectivity index (χ2v) is 12.2. The molecule has 0 aliphatic carbocycles.